The van der Waals surface area contributed by atoms with Crippen molar-refractivity contribution in [3.05, 3.63) is 273 Å². The van der Waals surface area contributed by atoms with Crippen molar-refractivity contribution in [2.75, 3.05) is 9.80 Å². The molecule has 13 rings (SSSR count). The van der Waals surface area contributed by atoms with E-state index in [4.69, 9.17) is 9.97 Å². The van der Waals surface area contributed by atoms with Crippen LogP contribution in [0.25, 0.3) is 82.9 Å². The number of anilines is 6. The lowest BCUT2D eigenvalue weighted by molar-refractivity contribution is 1.17. The topological polar surface area (TPSA) is 37.2 Å². The van der Waals surface area contributed by atoms with E-state index >= 15 is 0 Å². The van der Waals surface area contributed by atoms with Gasteiger partial charge in [0.15, 0.2) is 5.82 Å². The largest absolute Gasteiger partial charge is 0.311 e. The van der Waals surface area contributed by atoms with E-state index in [1.54, 1.807) is 0 Å². The molecule has 334 valence electrons. The Bertz CT molecular complexity index is 3970. The summed E-state index contributed by atoms with van der Waals surface area (Å²) in [4.78, 5) is 14.8. The summed E-state index contributed by atoms with van der Waals surface area (Å²) in [6, 6.07) is 97.1. The molecular formula is C66H45N5. The minimum Gasteiger partial charge on any atom is -0.311 e. The molecule has 0 atom stereocenters. The van der Waals surface area contributed by atoms with Crippen LogP contribution in [0.1, 0.15) is 0 Å². The van der Waals surface area contributed by atoms with Crippen LogP contribution in [0.3, 0.4) is 0 Å². The molecule has 0 aliphatic heterocycles. The van der Waals surface area contributed by atoms with Gasteiger partial charge in [0.25, 0.3) is 0 Å². The van der Waals surface area contributed by atoms with Gasteiger partial charge in [0.05, 0.1) is 27.9 Å². The van der Waals surface area contributed by atoms with Gasteiger partial charge < -0.3 is 14.4 Å². The maximum Gasteiger partial charge on any atom is 0.160 e. The molecule has 0 saturated heterocycles. The van der Waals surface area contributed by atoms with Gasteiger partial charge in [-0.3, -0.25) is 0 Å². The number of para-hydroxylation sites is 4. The maximum absolute atomic E-state index is 5.13. The Balaban J connectivity index is 0.879. The van der Waals surface area contributed by atoms with Crippen LogP contribution < -0.4 is 9.80 Å². The summed E-state index contributed by atoms with van der Waals surface area (Å²) in [6.45, 7) is 0. The van der Waals surface area contributed by atoms with Crippen molar-refractivity contribution in [3.63, 3.8) is 0 Å². The Morgan fingerprint density at radius 2 is 0.803 bits per heavy atom. The second kappa shape index (κ2) is 17.8. The molecule has 13 aromatic rings. The van der Waals surface area contributed by atoms with Crippen LogP contribution in [0.2, 0.25) is 0 Å². The molecule has 5 heteroatoms. The van der Waals surface area contributed by atoms with Gasteiger partial charge in [0, 0.05) is 66.8 Å². The maximum atomic E-state index is 5.13. The van der Waals surface area contributed by atoms with Gasteiger partial charge >= 0.3 is 0 Å². The summed E-state index contributed by atoms with van der Waals surface area (Å²) >= 11 is 0. The van der Waals surface area contributed by atoms with Gasteiger partial charge in [-0.2, -0.15) is 0 Å². The molecule has 0 fully saturated rings. The van der Waals surface area contributed by atoms with E-state index in [-0.39, 0.29) is 0 Å². The van der Waals surface area contributed by atoms with Crippen LogP contribution in [-0.2, 0) is 0 Å². The molecule has 0 spiro atoms. The highest BCUT2D eigenvalue weighted by Crippen LogP contribution is 2.43. The van der Waals surface area contributed by atoms with E-state index < -0.39 is 0 Å². The summed E-state index contributed by atoms with van der Waals surface area (Å²) in [5, 5.41) is 5.84. The number of aromatic nitrogens is 3. The molecule has 0 unspecified atom stereocenters. The monoisotopic (exact) mass is 907 g/mol. The van der Waals surface area contributed by atoms with E-state index in [0.29, 0.717) is 5.82 Å². The predicted molar refractivity (Wildman–Crippen MR) is 297 cm³/mol. The Labute approximate surface area is 412 Å². The molecule has 11 aromatic carbocycles. The lowest BCUT2D eigenvalue weighted by atomic mass is 10.0. The van der Waals surface area contributed by atoms with E-state index in [0.717, 1.165) is 89.7 Å². The van der Waals surface area contributed by atoms with Crippen molar-refractivity contribution in [2.45, 2.75) is 0 Å². The average Bonchev–Trinajstić information content (AvgIpc) is 3.78. The normalized spacial score (nSPS) is 11.4. The first kappa shape index (κ1) is 41.6. The van der Waals surface area contributed by atoms with Crippen LogP contribution in [0, 0.1) is 0 Å². The summed E-state index contributed by atoms with van der Waals surface area (Å²) in [5.74, 6) is 0.710. The van der Waals surface area contributed by atoms with Gasteiger partial charge in [-0.1, -0.05) is 176 Å². The Kier molecular flexibility index (Phi) is 10.4. The van der Waals surface area contributed by atoms with Crippen LogP contribution in [0.4, 0.5) is 34.1 Å². The fourth-order valence-corrected chi connectivity index (χ4v) is 10.2. The lowest BCUT2D eigenvalue weighted by Gasteiger charge is -2.29. The zero-order chi connectivity index (χ0) is 47.1. The SMILES string of the molecule is c1ccc(-c2nc(-c3ccc(-c4ccc5c6ccccc6n(-c6ccc(N(c7ccc(N(c8ccccc8)c8ccccc8)cc7)c7cccc8ccccc78)cc6)c5c4)cc3)nc3ccccc23)cc1. The van der Waals surface area contributed by atoms with Gasteiger partial charge in [-0.25, -0.2) is 9.97 Å². The van der Waals surface area contributed by atoms with Crippen molar-refractivity contribution in [2.24, 2.45) is 0 Å². The van der Waals surface area contributed by atoms with Crippen molar-refractivity contribution in [3.8, 4) is 39.5 Å². The molecule has 0 bridgehead atoms. The minimum atomic E-state index is 0.710. The Hall–Kier alpha value is -9.58. The third kappa shape index (κ3) is 7.63. The zero-order valence-corrected chi connectivity index (χ0v) is 38.7. The van der Waals surface area contributed by atoms with Gasteiger partial charge in [-0.05, 0) is 114 Å². The molecule has 0 aliphatic rings. The van der Waals surface area contributed by atoms with Crippen LogP contribution in [-0.4, -0.2) is 14.5 Å². The summed E-state index contributed by atoms with van der Waals surface area (Å²) < 4.78 is 2.40. The molecule has 0 radical (unpaired) electrons. The van der Waals surface area contributed by atoms with Crippen molar-refractivity contribution in [1.82, 2.24) is 14.5 Å². The molecule has 2 heterocycles. The fraction of sp³-hybridized carbons (Fsp3) is 0. The van der Waals surface area contributed by atoms with Gasteiger partial charge in [-0.15, -0.1) is 0 Å². The number of nitrogens with zero attached hydrogens (tertiary/aromatic N) is 5. The van der Waals surface area contributed by atoms with E-state index in [2.05, 4.69) is 269 Å². The minimum absolute atomic E-state index is 0.710. The van der Waals surface area contributed by atoms with E-state index in [9.17, 15) is 0 Å². The van der Waals surface area contributed by atoms with E-state index in [1.807, 2.05) is 18.2 Å². The van der Waals surface area contributed by atoms with Gasteiger partial charge in [0.2, 0.25) is 0 Å². The number of benzene rings is 11. The molecule has 0 aliphatic carbocycles. The quantitative estimate of drug-likeness (QED) is 0.137. The molecule has 0 amide bonds. The number of rotatable bonds is 10. The predicted octanol–water partition coefficient (Wildman–Crippen LogP) is 17.8. The molecule has 5 nitrogen and oxygen atoms in total. The highest BCUT2D eigenvalue weighted by molar-refractivity contribution is 6.10. The second-order valence-corrected chi connectivity index (χ2v) is 17.8. The number of fused-ring (bicyclic) bond motifs is 5. The first-order valence-electron chi connectivity index (χ1n) is 24.1. The summed E-state index contributed by atoms with van der Waals surface area (Å²) in [5.41, 5.74) is 16.1. The third-order valence-corrected chi connectivity index (χ3v) is 13.6. The first-order valence-corrected chi connectivity index (χ1v) is 24.1. The Morgan fingerprint density at radius 1 is 0.296 bits per heavy atom. The van der Waals surface area contributed by atoms with Crippen LogP contribution in [0.5, 0.6) is 0 Å². The van der Waals surface area contributed by atoms with Gasteiger partial charge in [0.1, 0.15) is 0 Å². The molecular weight excluding hydrogens is 863 g/mol. The van der Waals surface area contributed by atoms with Crippen molar-refractivity contribution < 1.29 is 0 Å². The Morgan fingerprint density at radius 3 is 1.51 bits per heavy atom. The standard InChI is InChI=1S/C66H45N5/c1-4-18-48(19-5-1)65-60-27-12-14-28-61(60)67-66(68-65)49-33-31-46(32-34-49)50-35-44-59-58-26-13-15-29-63(58)71(64(59)45-50)56-42-40-55(41-43-56)70(62-30-16-20-47-17-10-11-25-57(47)62)54-38-36-53(37-39-54)69(51-21-6-2-7-22-51)52-23-8-3-9-24-52/h1-45H. The zero-order valence-electron chi connectivity index (χ0n) is 38.7. The second-order valence-electron chi connectivity index (χ2n) is 17.8. The van der Waals surface area contributed by atoms with Crippen LogP contribution >= 0.6 is 0 Å². The average molecular weight is 908 g/mol. The summed E-state index contributed by atoms with van der Waals surface area (Å²) in [7, 11) is 0. The smallest absolute Gasteiger partial charge is 0.160 e. The molecule has 2 aromatic heterocycles. The molecule has 0 saturated carbocycles. The van der Waals surface area contributed by atoms with Crippen molar-refractivity contribution in [1.29, 1.82) is 0 Å². The highest BCUT2D eigenvalue weighted by atomic mass is 15.2. The highest BCUT2D eigenvalue weighted by Gasteiger charge is 2.20. The molecule has 71 heavy (non-hydrogen) atoms. The summed E-state index contributed by atoms with van der Waals surface area (Å²) in [6.07, 6.45) is 0. The third-order valence-electron chi connectivity index (χ3n) is 13.6. The lowest BCUT2D eigenvalue weighted by Crippen LogP contribution is -2.12. The number of hydrogen-bond acceptors (Lipinski definition) is 4. The van der Waals surface area contributed by atoms with Crippen molar-refractivity contribution >= 4 is 77.6 Å². The van der Waals surface area contributed by atoms with Crippen LogP contribution in [0.15, 0.2) is 273 Å². The fourth-order valence-electron chi connectivity index (χ4n) is 10.2. The molecule has 0 N–H and O–H groups in total. The first-order chi connectivity index (χ1) is 35.2. The van der Waals surface area contributed by atoms with E-state index in [1.165, 1.54) is 21.5 Å². The number of hydrogen-bond donors (Lipinski definition) is 0.